The van der Waals surface area contributed by atoms with Crippen LogP contribution in [0.4, 0.5) is 0 Å². The summed E-state index contributed by atoms with van der Waals surface area (Å²) in [7, 11) is 0. The van der Waals surface area contributed by atoms with E-state index in [-0.39, 0.29) is 0 Å². The Kier molecular flexibility index (Phi) is 5.28. The molecule has 0 fully saturated rings. The molecule has 0 saturated carbocycles. The van der Waals surface area contributed by atoms with Crippen LogP contribution in [-0.4, -0.2) is 14.8 Å². The molecular weight excluding hydrogens is 374 g/mol. The Hall–Kier alpha value is -2.56. The van der Waals surface area contributed by atoms with E-state index in [4.69, 9.17) is 11.6 Å². The van der Waals surface area contributed by atoms with Gasteiger partial charge in [-0.25, -0.2) is 0 Å². The number of rotatable bonds is 5. The summed E-state index contributed by atoms with van der Waals surface area (Å²) in [5.41, 5.74) is 4.29. The quantitative estimate of drug-likeness (QED) is 0.380. The average molecular weight is 392 g/mol. The fourth-order valence-electron chi connectivity index (χ4n) is 2.81. The van der Waals surface area contributed by atoms with Crippen molar-refractivity contribution in [2.75, 3.05) is 0 Å². The minimum atomic E-state index is 0.730. The SMILES string of the molecule is Cc1ccc(-c2nnc(SCc3ccccc3)n2-c2ccccc2)cc1Cl. The van der Waals surface area contributed by atoms with Crippen LogP contribution in [0.1, 0.15) is 11.1 Å². The maximum atomic E-state index is 6.35. The number of hydrogen-bond acceptors (Lipinski definition) is 3. The van der Waals surface area contributed by atoms with Crippen molar-refractivity contribution in [2.24, 2.45) is 0 Å². The third kappa shape index (κ3) is 3.92. The van der Waals surface area contributed by atoms with E-state index < -0.39 is 0 Å². The summed E-state index contributed by atoms with van der Waals surface area (Å²) in [6.07, 6.45) is 0. The summed E-state index contributed by atoms with van der Waals surface area (Å²) in [4.78, 5) is 0. The zero-order valence-electron chi connectivity index (χ0n) is 14.8. The monoisotopic (exact) mass is 391 g/mol. The summed E-state index contributed by atoms with van der Waals surface area (Å²) >= 11 is 8.02. The number of halogens is 1. The molecule has 0 aliphatic heterocycles. The number of aromatic nitrogens is 3. The molecule has 0 bridgehead atoms. The fraction of sp³-hybridized carbons (Fsp3) is 0.0909. The molecule has 0 aliphatic rings. The van der Waals surface area contributed by atoms with Gasteiger partial charge in [0.2, 0.25) is 0 Å². The molecule has 4 aromatic rings. The normalized spacial score (nSPS) is 10.9. The Morgan fingerprint density at radius 3 is 2.30 bits per heavy atom. The molecule has 0 saturated heterocycles. The van der Waals surface area contributed by atoms with Crippen LogP contribution in [0.3, 0.4) is 0 Å². The van der Waals surface area contributed by atoms with E-state index in [0.29, 0.717) is 0 Å². The number of thioether (sulfide) groups is 1. The largest absolute Gasteiger partial charge is 0.270 e. The van der Waals surface area contributed by atoms with E-state index in [1.54, 1.807) is 11.8 Å². The van der Waals surface area contributed by atoms with Crippen LogP contribution < -0.4 is 0 Å². The summed E-state index contributed by atoms with van der Waals surface area (Å²) < 4.78 is 2.09. The van der Waals surface area contributed by atoms with Crippen molar-refractivity contribution in [1.82, 2.24) is 14.8 Å². The first-order chi connectivity index (χ1) is 13.2. The summed E-state index contributed by atoms with van der Waals surface area (Å²) in [5, 5.41) is 10.5. The molecule has 0 aliphatic carbocycles. The fourth-order valence-corrected chi connectivity index (χ4v) is 3.90. The van der Waals surface area contributed by atoms with Crippen LogP contribution in [0.25, 0.3) is 17.1 Å². The van der Waals surface area contributed by atoms with Crippen molar-refractivity contribution in [3.05, 3.63) is 95.0 Å². The Labute approximate surface area is 168 Å². The van der Waals surface area contributed by atoms with Gasteiger partial charge in [0.15, 0.2) is 11.0 Å². The molecule has 0 amide bonds. The first-order valence-electron chi connectivity index (χ1n) is 8.66. The molecule has 1 heterocycles. The first kappa shape index (κ1) is 17.8. The minimum absolute atomic E-state index is 0.730. The molecule has 4 rings (SSSR count). The summed E-state index contributed by atoms with van der Waals surface area (Å²) in [5.74, 6) is 1.62. The predicted octanol–water partition coefficient (Wildman–Crippen LogP) is 6.19. The first-order valence-corrected chi connectivity index (χ1v) is 10.0. The maximum Gasteiger partial charge on any atom is 0.196 e. The van der Waals surface area contributed by atoms with E-state index in [2.05, 4.69) is 51.2 Å². The van der Waals surface area contributed by atoms with E-state index in [0.717, 1.165) is 38.6 Å². The Morgan fingerprint density at radius 1 is 0.889 bits per heavy atom. The highest BCUT2D eigenvalue weighted by Crippen LogP contribution is 2.31. The van der Waals surface area contributed by atoms with Gasteiger partial charge in [-0.15, -0.1) is 10.2 Å². The van der Waals surface area contributed by atoms with Crippen LogP contribution in [0, 0.1) is 6.92 Å². The number of benzene rings is 3. The van der Waals surface area contributed by atoms with Crippen molar-refractivity contribution in [3.8, 4) is 17.1 Å². The van der Waals surface area contributed by atoms with E-state index in [1.807, 2.05) is 49.4 Å². The second-order valence-corrected chi connectivity index (χ2v) is 7.57. The minimum Gasteiger partial charge on any atom is -0.270 e. The highest BCUT2D eigenvalue weighted by atomic mass is 35.5. The van der Waals surface area contributed by atoms with Crippen molar-refractivity contribution in [1.29, 1.82) is 0 Å². The molecule has 0 N–H and O–H groups in total. The molecule has 1 aromatic heterocycles. The number of hydrogen-bond donors (Lipinski definition) is 0. The highest BCUT2D eigenvalue weighted by molar-refractivity contribution is 7.98. The summed E-state index contributed by atoms with van der Waals surface area (Å²) in [6, 6.07) is 26.6. The predicted molar refractivity (Wildman–Crippen MR) is 113 cm³/mol. The number of aryl methyl sites for hydroxylation is 1. The van der Waals surface area contributed by atoms with Crippen LogP contribution in [-0.2, 0) is 5.75 Å². The molecule has 5 heteroatoms. The van der Waals surface area contributed by atoms with Gasteiger partial charge in [-0.3, -0.25) is 4.57 Å². The molecular formula is C22H18ClN3S. The lowest BCUT2D eigenvalue weighted by Crippen LogP contribution is -1.99. The van der Waals surface area contributed by atoms with Gasteiger partial charge in [0.25, 0.3) is 0 Å². The van der Waals surface area contributed by atoms with Crippen LogP contribution in [0.2, 0.25) is 5.02 Å². The molecule has 134 valence electrons. The molecule has 3 nitrogen and oxygen atoms in total. The lowest BCUT2D eigenvalue weighted by Gasteiger charge is -2.11. The van der Waals surface area contributed by atoms with Gasteiger partial charge in [0, 0.05) is 22.0 Å². The molecule has 0 unspecified atom stereocenters. The van der Waals surface area contributed by atoms with Gasteiger partial charge in [0.1, 0.15) is 0 Å². The smallest absolute Gasteiger partial charge is 0.196 e. The second-order valence-electron chi connectivity index (χ2n) is 6.22. The lowest BCUT2D eigenvalue weighted by atomic mass is 10.1. The van der Waals surface area contributed by atoms with Gasteiger partial charge in [-0.1, -0.05) is 84.0 Å². The van der Waals surface area contributed by atoms with Crippen molar-refractivity contribution in [3.63, 3.8) is 0 Å². The van der Waals surface area contributed by atoms with E-state index in [1.165, 1.54) is 5.56 Å². The Bertz CT molecular complexity index is 1050. The Balaban J connectivity index is 1.75. The molecule has 0 spiro atoms. The average Bonchev–Trinajstić information content (AvgIpc) is 3.14. The standard InChI is InChI=1S/C22H18ClN3S/c1-16-12-13-18(14-20(16)23)21-24-25-22(26(21)19-10-6-3-7-11-19)27-15-17-8-4-2-5-9-17/h2-14H,15H2,1H3. The van der Waals surface area contributed by atoms with Gasteiger partial charge in [-0.2, -0.15) is 0 Å². The molecule has 27 heavy (non-hydrogen) atoms. The molecule has 0 radical (unpaired) electrons. The molecule has 0 atom stereocenters. The van der Waals surface area contributed by atoms with Gasteiger partial charge >= 0.3 is 0 Å². The number of nitrogens with zero attached hydrogens (tertiary/aromatic N) is 3. The van der Waals surface area contributed by atoms with Gasteiger partial charge < -0.3 is 0 Å². The third-order valence-corrected chi connectivity index (χ3v) is 5.70. The van der Waals surface area contributed by atoms with Crippen molar-refractivity contribution >= 4 is 23.4 Å². The molecule has 3 aromatic carbocycles. The zero-order chi connectivity index (χ0) is 18.6. The van der Waals surface area contributed by atoms with Crippen molar-refractivity contribution in [2.45, 2.75) is 17.8 Å². The van der Waals surface area contributed by atoms with Crippen LogP contribution in [0.5, 0.6) is 0 Å². The van der Waals surface area contributed by atoms with Crippen molar-refractivity contribution < 1.29 is 0 Å². The highest BCUT2D eigenvalue weighted by Gasteiger charge is 2.16. The number of para-hydroxylation sites is 1. The van der Waals surface area contributed by atoms with E-state index in [9.17, 15) is 0 Å². The van der Waals surface area contributed by atoms with Gasteiger partial charge in [-0.05, 0) is 36.2 Å². The topological polar surface area (TPSA) is 30.7 Å². The Morgan fingerprint density at radius 2 is 1.59 bits per heavy atom. The van der Waals surface area contributed by atoms with Gasteiger partial charge in [0.05, 0.1) is 0 Å². The second kappa shape index (κ2) is 7.99. The van der Waals surface area contributed by atoms with Crippen LogP contribution in [0.15, 0.2) is 84.0 Å². The summed E-state index contributed by atoms with van der Waals surface area (Å²) in [6.45, 7) is 2.00. The third-order valence-electron chi connectivity index (χ3n) is 4.29. The lowest BCUT2D eigenvalue weighted by molar-refractivity contribution is 0.886. The zero-order valence-corrected chi connectivity index (χ0v) is 16.4. The van der Waals surface area contributed by atoms with Crippen LogP contribution >= 0.6 is 23.4 Å². The van der Waals surface area contributed by atoms with E-state index >= 15 is 0 Å². The maximum absolute atomic E-state index is 6.35.